The van der Waals surface area contributed by atoms with Gasteiger partial charge in [0.05, 0.1) is 5.69 Å². The molecule has 1 aliphatic heterocycles. The molecule has 0 aliphatic carbocycles. The molecule has 0 saturated heterocycles. The molecule has 1 aliphatic rings. The van der Waals surface area contributed by atoms with Crippen LogP contribution < -0.4 is 16.0 Å². The van der Waals surface area contributed by atoms with Crippen LogP contribution in [0.4, 0.5) is 20.6 Å². The maximum absolute atomic E-state index is 14.5. The third-order valence-electron chi connectivity index (χ3n) is 5.38. The van der Waals surface area contributed by atoms with E-state index in [-0.39, 0.29) is 17.8 Å². The molecule has 8 nitrogen and oxygen atoms in total. The second kappa shape index (κ2) is 9.81. The number of rotatable bonds is 5. The lowest BCUT2D eigenvalue weighted by atomic mass is 10.1. The monoisotopic (exact) mass is 450 g/mol. The van der Waals surface area contributed by atoms with Gasteiger partial charge in [0.1, 0.15) is 11.6 Å². The quantitative estimate of drug-likeness (QED) is 0.529. The van der Waals surface area contributed by atoms with Gasteiger partial charge >= 0.3 is 6.03 Å². The van der Waals surface area contributed by atoms with Gasteiger partial charge in [0.15, 0.2) is 5.82 Å². The third kappa shape index (κ3) is 5.36. The van der Waals surface area contributed by atoms with Crippen molar-refractivity contribution in [2.75, 3.05) is 10.6 Å². The summed E-state index contributed by atoms with van der Waals surface area (Å²) >= 11 is 0. The summed E-state index contributed by atoms with van der Waals surface area (Å²) in [6.07, 6.45) is 4.14. The Morgan fingerprint density at radius 1 is 1.03 bits per heavy atom. The summed E-state index contributed by atoms with van der Waals surface area (Å²) in [5.41, 5.74) is 1.49. The first kappa shape index (κ1) is 22.4. The normalized spacial score (nSPS) is 13.2. The number of hydrogen-bond acceptors (Lipinski definition) is 4. The smallest absolute Gasteiger partial charge is 0.319 e. The number of carbonyl (C=O) groups is 2. The number of nitrogens with one attached hydrogen (secondary N) is 3. The van der Waals surface area contributed by atoms with Gasteiger partial charge in [0.2, 0.25) is 0 Å². The fourth-order valence-electron chi connectivity index (χ4n) is 3.82. The lowest BCUT2D eigenvalue weighted by Crippen LogP contribution is -2.34. The number of nitrogens with zero attached hydrogens (tertiary/aromatic N) is 3. The van der Waals surface area contributed by atoms with Crippen molar-refractivity contribution < 1.29 is 14.0 Å². The number of aryl methyl sites for hydroxylation is 1. The molecule has 0 unspecified atom stereocenters. The van der Waals surface area contributed by atoms with E-state index in [9.17, 15) is 14.0 Å². The number of halogens is 1. The van der Waals surface area contributed by atoms with Gasteiger partial charge in [-0.05, 0) is 63.1 Å². The Labute approximate surface area is 191 Å². The maximum Gasteiger partial charge on any atom is 0.319 e. The van der Waals surface area contributed by atoms with E-state index >= 15 is 0 Å². The van der Waals surface area contributed by atoms with E-state index in [1.807, 2.05) is 13.8 Å². The molecule has 2 aromatic carbocycles. The summed E-state index contributed by atoms with van der Waals surface area (Å²) in [5.74, 6) is 0.570. The highest BCUT2D eigenvalue weighted by molar-refractivity contribution is 6.05. The Kier molecular flexibility index (Phi) is 6.67. The minimum absolute atomic E-state index is 0.0213. The van der Waals surface area contributed by atoms with Crippen molar-refractivity contribution in [1.29, 1.82) is 0 Å². The number of amides is 3. The van der Waals surface area contributed by atoms with Crippen LogP contribution in [0.1, 0.15) is 49.3 Å². The molecule has 0 radical (unpaired) electrons. The highest BCUT2D eigenvalue weighted by Crippen LogP contribution is 2.27. The zero-order chi connectivity index (χ0) is 23.4. The third-order valence-corrected chi connectivity index (χ3v) is 5.38. The van der Waals surface area contributed by atoms with E-state index < -0.39 is 11.7 Å². The Bertz CT molecular complexity index is 1170. The van der Waals surface area contributed by atoms with Crippen molar-refractivity contribution in [3.05, 3.63) is 59.7 Å². The molecule has 3 amide bonds. The number of urea groups is 1. The predicted octanol–water partition coefficient (Wildman–Crippen LogP) is 4.59. The number of benzene rings is 2. The van der Waals surface area contributed by atoms with Crippen LogP contribution in [0.3, 0.4) is 0 Å². The zero-order valence-electron chi connectivity index (χ0n) is 18.7. The fraction of sp³-hybridized carbons (Fsp3) is 0.333. The average molecular weight is 451 g/mol. The molecule has 0 bridgehead atoms. The van der Waals surface area contributed by atoms with Crippen LogP contribution in [0.2, 0.25) is 0 Å². The first-order chi connectivity index (χ1) is 15.9. The van der Waals surface area contributed by atoms with Crippen LogP contribution in [0.5, 0.6) is 0 Å². The number of anilines is 2. The lowest BCUT2D eigenvalue weighted by Gasteiger charge is -2.12. The van der Waals surface area contributed by atoms with Crippen LogP contribution >= 0.6 is 0 Å². The summed E-state index contributed by atoms with van der Waals surface area (Å²) in [4.78, 5) is 24.7. The number of fused-ring (bicyclic) bond motifs is 1. The van der Waals surface area contributed by atoms with Gasteiger partial charge in [-0.1, -0.05) is 12.5 Å². The molecule has 3 aromatic rings. The average Bonchev–Trinajstić information content (AvgIpc) is 3.02. The predicted molar refractivity (Wildman–Crippen MR) is 125 cm³/mol. The topological polar surface area (TPSA) is 101 Å². The maximum atomic E-state index is 14.5. The van der Waals surface area contributed by atoms with Crippen molar-refractivity contribution >= 4 is 23.3 Å². The van der Waals surface area contributed by atoms with Gasteiger partial charge in [-0.3, -0.25) is 4.79 Å². The van der Waals surface area contributed by atoms with Crippen molar-refractivity contribution in [3.63, 3.8) is 0 Å². The first-order valence-electron chi connectivity index (χ1n) is 11.1. The molecular weight excluding hydrogens is 423 g/mol. The molecule has 172 valence electrons. The summed E-state index contributed by atoms with van der Waals surface area (Å²) < 4.78 is 16.6. The molecule has 4 rings (SSSR count). The van der Waals surface area contributed by atoms with E-state index in [0.717, 1.165) is 38.1 Å². The molecule has 9 heteroatoms. The highest BCUT2D eigenvalue weighted by Gasteiger charge is 2.18. The van der Waals surface area contributed by atoms with Gasteiger partial charge in [-0.15, -0.1) is 10.2 Å². The van der Waals surface area contributed by atoms with E-state index in [2.05, 4.69) is 30.7 Å². The van der Waals surface area contributed by atoms with Gasteiger partial charge < -0.3 is 20.5 Å². The second-order valence-corrected chi connectivity index (χ2v) is 8.38. The number of aromatic nitrogens is 3. The molecule has 3 N–H and O–H groups in total. The Morgan fingerprint density at radius 3 is 2.70 bits per heavy atom. The van der Waals surface area contributed by atoms with Crippen LogP contribution in [0, 0.1) is 5.82 Å². The Morgan fingerprint density at radius 2 is 1.88 bits per heavy atom. The molecule has 0 saturated carbocycles. The summed E-state index contributed by atoms with van der Waals surface area (Å²) in [5, 5.41) is 16.6. The highest BCUT2D eigenvalue weighted by atomic mass is 19.1. The van der Waals surface area contributed by atoms with E-state index in [1.54, 1.807) is 30.3 Å². The number of carbonyl (C=O) groups excluding carboxylic acids is 2. The van der Waals surface area contributed by atoms with Crippen molar-refractivity contribution in [1.82, 2.24) is 20.1 Å². The van der Waals surface area contributed by atoms with Gasteiger partial charge in [-0.25, -0.2) is 9.18 Å². The van der Waals surface area contributed by atoms with Crippen molar-refractivity contribution in [3.8, 4) is 11.4 Å². The Hall–Kier alpha value is -3.75. The second-order valence-electron chi connectivity index (χ2n) is 8.38. The van der Waals surface area contributed by atoms with Gasteiger partial charge in [-0.2, -0.15) is 0 Å². The Balaban J connectivity index is 1.53. The minimum Gasteiger partial charge on any atom is -0.336 e. The molecule has 0 spiro atoms. The van der Waals surface area contributed by atoms with Crippen LogP contribution in [0.15, 0.2) is 42.5 Å². The SMILES string of the molecule is CC(C)NC(=O)Nc1cccc(C(=O)Nc2cc(-c3nnc4n3CCCCC4)ccc2F)c1. The van der Waals surface area contributed by atoms with Crippen molar-refractivity contribution in [2.24, 2.45) is 0 Å². The first-order valence-corrected chi connectivity index (χ1v) is 11.1. The summed E-state index contributed by atoms with van der Waals surface area (Å²) in [7, 11) is 0. The van der Waals surface area contributed by atoms with Crippen molar-refractivity contribution in [2.45, 2.75) is 52.1 Å². The molecule has 1 aromatic heterocycles. The lowest BCUT2D eigenvalue weighted by molar-refractivity contribution is 0.102. The minimum atomic E-state index is -0.548. The molecular formula is C24H27FN6O2. The fourth-order valence-corrected chi connectivity index (χ4v) is 3.82. The molecule has 33 heavy (non-hydrogen) atoms. The van der Waals surface area contributed by atoms with E-state index in [0.29, 0.717) is 22.6 Å². The van der Waals surface area contributed by atoms with E-state index in [4.69, 9.17) is 0 Å². The summed E-state index contributed by atoms with van der Waals surface area (Å²) in [6, 6.07) is 10.6. The van der Waals surface area contributed by atoms with Gasteiger partial charge in [0, 0.05) is 35.8 Å². The largest absolute Gasteiger partial charge is 0.336 e. The molecule has 0 atom stereocenters. The van der Waals surface area contributed by atoms with Crippen LogP contribution in [-0.2, 0) is 13.0 Å². The van der Waals surface area contributed by atoms with Crippen LogP contribution in [0.25, 0.3) is 11.4 Å². The van der Waals surface area contributed by atoms with Crippen LogP contribution in [-0.4, -0.2) is 32.7 Å². The standard InChI is InChI=1S/C24H27FN6O2/c1-15(2)26-24(33)27-18-8-6-7-17(13-18)23(32)28-20-14-16(10-11-19(20)25)22-30-29-21-9-4-3-5-12-31(21)22/h6-8,10-11,13-15H,3-5,9,12H2,1-2H3,(H,28,32)(H2,26,27,33). The molecule has 2 heterocycles. The van der Waals surface area contributed by atoms with Gasteiger partial charge in [0.25, 0.3) is 5.91 Å². The molecule has 0 fully saturated rings. The van der Waals surface area contributed by atoms with E-state index in [1.165, 1.54) is 12.1 Å². The summed E-state index contributed by atoms with van der Waals surface area (Å²) in [6.45, 7) is 4.52. The zero-order valence-corrected chi connectivity index (χ0v) is 18.7. The number of hydrogen-bond donors (Lipinski definition) is 3.